The molecular formula is C16H18N2O2S. The number of anilines is 1. The molecule has 1 aromatic carbocycles. The highest BCUT2D eigenvalue weighted by molar-refractivity contribution is 7.92. The van der Waals surface area contributed by atoms with Crippen LogP contribution < -0.4 is 4.72 Å². The second-order valence-corrected chi connectivity index (χ2v) is 7.67. The third-order valence-electron chi connectivity index (χ3n) is 4.26. The first-order valence-electron chi connectivity index (χ1n) is 6.91. The predicted octanol–water partition coefficient (Wildman–Crippen LogP) is 2.84. The molecule has 1 fully saturated rings. The number of para-hydroxylation sites is 1. The number of fused-ring (bicyclic) bond motifs is 1. The molecule has 0 saturated heterocycles. The fraction of sp³-hybridized carbons (Fsp3) is 0.375. The van der Waals surface area contributed by atoms with E-state index < -0.39 is 10.0 Å². The van der Waals surface area contributed by atoms with Crippen LogP contribution in [-0.2, 0) is 15.4 Å². The summed E-state index contributed by atoms with van der Waals surface area (Å²) in [5, 5.41) is 0.982. The zero-order valence-corrected chi connectivity index (χ0v) is 12.9. The van der Waals surface area contributed by atoms with E-state index in [1.165, 1.54) is 0 Å². The Bertz CT molecular complexity index is 841. The minimum absolute atomic E-state index is 0.304. The lowest BCUT2D eigenvalue weighted by Crippen LogP contribution is -2.21. The second-order valence-electron chi connectivity index (χ2n) is 5.93. The van der Waals surface area contributed by atoms with E-state index in [2.05, 4.69) is 22.6 Å². The molecule has 2 aromatic rings. The molecule has 1 unspecified atom stereocenters. The van der Waals surface area contributed by atoms with E-state index in [-0.39, 0.29) is 5.41 Å². The highest BCUT2D eigenvalue weighted by Crippen LogP contribution is 2.49. The molecule has 1 heterocycles. The largest absolute Gasteiger partial charge is 0.359 e. The topological polar surface area (TPSA) is 62.0 Å². The van der Waals surface area contributed by atoms with Crippen molar-refractivity contribution < 1.29 is 8.42 Å². The minimum Gasteiger partial charge on any atom is -0.359 e. The molecule has 1 saturated carbocycles. The van der Waals surface area contributed by atoms with Gasteiger partial charge in [-0.2, -0.15) is 0 Å². The maximum Gasteiger partial charge on any atom is 0.229 e. The van der Waals surface area contributed by atoms with Gasteiger partial charge in [-0.15, -0.1) is 6.42 Å². The number of hydrogen-bond acceptors (Lipinski definition) is 2. The van der Waals surface area contributed by atoms with E-state index in [1.54, 1.807) is 6.07 Å². The minimum atomic E-state index is -3.31. The van der Waals surface area contributed by atoms with Crippen LogP contribution >= 0.6 is 0 Å². The zero-order valence-electron chi connectivity index (χ0n) is 12.1. The lowest BCUT2D eigenvalue weighted by atomic mass is 9.78. The molecule has 4 nitrogen and oxygen atoms in total. The van der Waals surface area contributed by atoms with E-state index in [1.807, 2.05) is 18.3 Å². The van der Waals surface area contributed by atoms with Gasteiger partial charge in [-0.05, 0) is 37.3 Å². The summed E-state index contributed by atoms with van der Waals surface area (Å²) >= 11 is 0. The van der Waals surface area contributed by atoms with Crippen LogP contribution in [0, 0.1) is 18.3 Å². The van der Waals surface area contributed by atoms with Crippen LogP contribution in [-0.4, -0.2) is 19.7 Å². The first kappa shape index (κ1) is 14.0. The summed E-state index contributed by atoms with van der Waals surface area (Å²) in [4.78, 5) is 3.18. The monoisotopic (exact) mass is 302 g/mol. The third kappa shape index (κ3) is 2.40. The Balaban J connectivity index is 2.16. The Morgan fingerprint density at radius 1 is 1.43 bits per heavy atom. The van der Waals surface area contributed by atoms with E-state index in [9.17, 15) is 8.42 Å². The molecule has 110 valence electrons. The normalized spacial score (nSPS) is 18.1. The number of benzene rings is 1. The lowest BCUT2D eigenvalue weighted by Gasteiger charge is -2.23. The SMILES string of the molecule is C#CC(C)(c1c[nH]c2c(NS(C)(=O)=O)cccc12)C1CC1. The van der Waals surface area contributed by atoms with Crippen LogP contribution in [0.15, 0.2) is 24.4 Å². The van der Waals surface area contributed by atoms with Gasteiger partial charge in [0.1, 0.15) is 0 Å². The van der Waals surface area contributed by atoms with E-state index in [4.69, 9.17) is 6.42 Å². The number of H-pyrrole nitrogens is 1. The van der Waals surface area contributed by atoms with Gasteiger partial charge in [0.15, 0.2) is 0 Å². The molecule has 0 amide bonds. The predicted molar refractivity (Wildman–Crippen MR) is 85.7 cm³/mol. The van der Waals surface area contributed by atoms with Crippen LogP contribution in [0.5, 0.6) is 0 Å². The van der Waals surface area contributed by atoms with Crippen LogP contribution in [0.2, 0.25) is 0 Å². The molecule has 0 bridgehead atoms. The Labute approximate surface area is 125 Å². The van der Waals surface area contributed by atoms with Crippen molar-refractivity contribution in [2.75, 3.05) is 11.0 Å². The first-order valence-corrected chi connectivity index (χ1v) is 8.80. The number of aromatic amines is 1. The maximum atomic E-state index is 11.5. The molecule has 2 N–H and O–H groups in total. The van der Waals surface area contributed by atoms with Crippen LogP contribution in [0.1, 0.15) is 25.3 Å². The highest BCUT2D eigenvalue weighted by atomic mass is 32.2. The first-order chi connectivity index (χ1) is 9.85. The maximum absolute atomic E-state index is 11.5. The number of sulfonamides is 1. The molecule has 1 aliphatic rings. The van der Waals surface area contributed by atoms with Gasteiger partial charge in [-0.25, -0.2) is 8.42 Å². The number of terminal acetylenes is 1. The summed E-state index contributed by atoms with van der Waals surface area (Å²) in [5.74, 6) is 3.45. The van der Waals surface area contributed by atoms with Crippen molar-refractivity contribution in [1.82, 2.24) is 4.98 Å². The van der Waals surface area contributed by atoms with Crippen molar-refractivity contribution in [2.24, 2.45) is 5.92 Å². The van der Waals surface area contributed by atoms with Crippen molar-refractivity contribution in [2.45, 2.75) is 25.2 Å². The Morgan fingerprint density at radius 2 is 2.14 bits per heavy atom. The molecule has 1 aliphatic carbocycles. The summed E-state index contributed by atoms with van der Waals surface area (Å²) in [6, 6.07) is 5.57. The number of hydrogen-bond donors (Lipinski definition) is 2. The lowest BCUT2D eigenvalue weighted by molar-refractivity contribution is 0.540. The average Bonchev–Trinajstić information content (AvgIpc) is 3.17. The van der Waals surface area contributed by atoms with Gasteiger partial charge >= 0.3 is 0 Å². The summed E-state index contributed by atoms with van der Waals surface area (Å²) in [6.07, 6.45) is 11.1. The Kier molecular flexibility index (Phi) is 3.03. The Morgan fingerprint density at radius 3 is 2.71 bits per heavy atom. The smallest absolute Gasteiger partial charge is 0.229 e. The fourth-order valence-corrected chi connectivity index (χ4v) is 3.51. The van der Waals surface area contributed by atoms with Gasteiger partial charge in [-0.3, -0.25) is 4.72 Å². The van der Waals surface area contributed by atoms with E-state index >= 15 is 0 Å². The molecule has 1 atom stereocenters. The van der Waals surface area contributed by atoms with Gasteiger partial charge in [0, 0.05) is 11.6 Å². The molecule has 0 aliphatic heterocycles. The van der Waals surface area contributed by atoms with Crippen molar-refractivity contribution in [3.8, 4) is 12.3 Å². The van der Waals surface area contributed by atoms with Crippen molar-refractivity contribution >= 4 is 26.6 Å². The third-order valence-corrected chi connectivity index (χ3v) is 4.85. The van der Waals surface area contributed by atoms with E-state index in [0.29, 0.717) is 11.6 Å². The standard InChI is InChI=1S/C16H18N2O2S/c1-4-16(2,11-8-9-11)13-10-17-15-12(13)6-5-7-14(15)18-21(3,19)20/h1,5-7,10-11,17-18H,8-9H2,2-3H3. The van der Waals surface area contributed by atoms with Crippen molar-refractivity contribution in [3.05, 3.63) is 30.0 Å². The van der Waals surface area contributed by atoms with Gasteiger partial charge in [0.25, 0.3) is 0 Å². The number of nitrogens with one attached hydrogen (secondary N) is 2. The fourth-order valence-electron chi connectivity index (χ4n) is 2.95. The summed E-state index contributed by atoms with van der Waals surface area (Å²) in [6.45, 7) is 2.09. The second kappa shape index (κ2) is 4.54. The molecule has 21 heavy (non-hydrogen) atoms. The Hall–Kier alpha value is -1.93. The molecule has 5 heteroatoms. The van der Waals surface area contributed by atoms with Gasteiger partial charge < -0.3 is 4.98 Å². The quantitative estimate of drug-likeness (QED) is 0.853. The number of aromatic nitrogens is 1. The molecule has 0 spiro atoms. The molecule has 3 rings (SSSR count). The number of rotatable bonds is 4. The van der Waals surface area contributed by atoms with Crippen molar-refractivity contribution in [1.29, 1.82) is 0 Å². The van der Waals surface area contributed by atoms with Crippen molar-refractivity contribution in [3.63, 3.8) is 0 Å². The van der Waals surface area contributed by atoms with E-state index in [0.717, 1.165) is 35.6 Å². The zero-order chi connectivity index (χ0) is 15.3. The average molecular weight is 302 g/mol. The molecular weight excluding hydrogens is 284 g/mol. The van der Waals surface area contributed by atoms with Gasteiger partial charge in [0.2, 0.25) is 10.0 Å². The van der Waals surface area contributed by atoms with Crippen LogP contribution in [0.25, 0.3) is 10.9 Å². The summed E-state index contributed by atoms with van der Waals surface area (Å²) in [7, 11) is -3.31. The van der Waals surface area contributed by atoms with Crippen LogP contribution in [0.3, 0.4) is 0 Å². The molecule has 0 radical (unpaired) electrons. The van der Waals surface area contributed by atoms with Gasteiger partial charge in [0.05, 0.1) is 22.9 Å². The summed E-state index contributed by atoms with van der Waals surface area (Å²) < 4.78 is 25.5. The van der Waals surface area contributed by atoms with Crippen LogP contribution in [0.4, 0.5) is 5.69 Å². The molecule has 1 aromatic heterocycles. The summed E-state index contributed by atoms with van der Waals surface area (Å²) in [5.41, 5.74) is 2.10. The van der Waals surface area contributed by atoms with Gasteiger partial charge in [-0.1, -0.05) is 18.1 Å². The highest BCUT2D eigenvalue weighted by Gasteiger charge is 2.42.